The van der Waals surface area contributed by atoms with Gasteiger partial charge in [-0.3, -0.25) is 19.7 Å². The van der Waals surface area contributed by atoms with E-state index in [0.29, 0.717) is 12.0 Å². The minimum Gasteiger partial charge on any atom is -0.317 e. The van der Waals surface area contributed by atoms with E-state index >= 15 is 0 Å². The Bertz CT molecular complexity index is 586. The van der Waals surface area contributed by atoms with Crippen molar-refractivity contribution >= 4 is 33.7 Å². The first-order valence-corrected chi connectivity index (χ1v) is 7.14. The second-order valence-corrected chi connectivity index (χ2v) is 5.54. The predicted molar refractivity (Wildman–Crippen MR) is 77.1 cm³/mol. The molecule has 1 unspecified atom stereocenters. The average molecular weight is 339 g/mol. The van der Waals surface area contributed by atoms with Crippen LogP contribution >= 0.6 is 15.9 Å². The maximum atomic E-state index is 12.6. The Hall–Kier alpha value is -1.69. The molecule has 1 heterocycles. The first-order valence-electron chi connectivity index (χ1n) is 6.35. The number of benzene rings is 1. The highest BCUT2D eigenvalue weighted by Crippen LogP contribution is 2.22. The van der Waals surface area contributed by atoms with Gasteiger partial charge < -0.3 is 4.90 Å². The van der Waals surface area contributed by atoms with E-state index in [2.05, 4.69) is 21.2 Å². The lowest BCUT2D eigenvalue weighted by atomic mass is 10.0. The van der Waals surface area contributed by atoms with Crippen LogP contribution in [0.25, 0.3) is 0 Å². The molecule has 20 heavy (non-hydrogen) atoms. The zero-order valence-corrected chi connectivity index (χ0v) is 12.9. The Morgan fingerprint density at radius 2 is 2.15 bits per heavy atom. The monoisotopic (exact) mass is 338 g/mol. The van der Waals surface area contributed by atoms with Gasteiger partial charge in [0.1, 0.15) is 12.6 Å². The molecule has 1 fully saturated rings. The molecule has 3 amide bonds. The lowest BCUT2D eigenvalue weighted by molar-refractivity contribution is -0.138. The summed E-state index contributed by atoms with van der Waals surface area (Å²) in [5.74, 6) is -1.15. The highest BCUT2D eigenvalue weighted by Gasteiger charge is 2.36. The molecule has 6 heteroatoms. The molecule has 0 aliphatic carbocycles. The number of rotatable bonds is 2. The minimum atomic E-state index is -0.599. The fourth-order valence-corrected chi connectivity index (χ4v) is 2.65. The standard InChI is InChI=1S/C14H15BrN2O3/c1-3-11-13(19)16-12(18)7-17(11)14(20)9-5-4-6-10(15)8(9)2/h4-6,11H,3,7H2,1-2H3,(H,16,18,19). The maximum absolute atomic E-state index is 12.6. The first-order chi connectivity index (χ1) is 9.45. The Balaban J connectivity index is 2.37. The third kappa shape index (κ3) is 2.60. The fourth-order valence-electron chi connectivity index (χ4n) is 2.28. The largest absolute Gasteiger partial charge is 0.317 e. The smallest absolute Gasteiger partial charge is 0.255 e. The molecule has 2 rings (SSSR count). The summed E-state index contributed by atoms with van der Waals surface area (Å²) < 4.78 is 0.823. The number of piperazine rings is 1. The predicted octanol–water partition coefficient (Wildman–Crippen LogP) is 1.63. The van der Waals surface area contributed by atoms with Gasteiger partial charge in [-0.25, -0.2) is 0 Å². The van der Waals surface area contributed by atoms with Gasteiger partial charge in [0.05, 0.1) is 0 Å². The first kappa shape index (κ1) is 14.7. The quantitative estimate of drug-likeness (QED) is 0.833. The summed E-state index contributed by atoms with van der Waals surface area (Å²) in [5.41, 5.74) is 1.30. The molecule has 0 spiro atoms. The van der Waals surface area contributed by atoms with Crippen molar-refractivity contribution in [2.75, 3.05) is 6.54 Å². The molecule has 106 valence electrons. The molecular formula is C14H15BrN2O3. The van der Waals surface area contributed by atoms with Crippen LogP contribution in [0.2, 0.25) is 0 Å². The minimum absolute atomic E-state index is 0.0883. The van der Waals surface area contributed by atoms with Crippen LogP contribution < -0.4 is 5.32 Å². The summed E-state index contributed by atoms with van der Waals surface area (Å²) in [6, 6.07) is 4.71. The van der Waals surface area contributed by atoms with E-state index in [4.69, 9.17) is 0 Å². The summed E-state index contributed by atoms with van der Waals surface area (Å²) in [7, 11) is 0. The van der Waals surface area contributed by atoms with Crippen LogP contribution in [0, 0.1) is 6.92 Å². The summed E-state index contributed by atoms with van der Waals surface area (Å²) in [6.45, 7) is 3.55. The van der Waals surface area contributed by atoms with Crippen LogP contribution in [0.15, 0.2) is 22.7 Å². The number of carbonyl (C=O) groups is 3. The molecule has 0 aromatic heterocycles. The van der Waals surface area contributed by atoms with E-state index in [9.17, 15) is 14.4 Å². The second-order valence-electron chi connectivity index (χ2n) is 4.68. The van der Waals surface area contributed by atoms with E-state index in [1.54, 1.807) is 12.1 Å². The molecule has 0 bridgehead atoms. The average Bonchev–Trinajstić information content (AvgIpc) is 2.40. The molecule has 1 saturated heterocycles. The second kappa shape index (κ2) is 5.75. The van der Waals surface area contributed by atoms with Gasteiger partial charge in [0.15, 0.2) is 0 Å². The lowest BCUT2D eigenvalue weighted by Crippen LogP contribution is -2.59. The maximum Gasteiger partial charge on any atom is 0.255 e. The van der Waals surface area contributed by atoms with Crippen LogP contribution in [0.4, 0.5) is 0 Å². The van der Waals surface area contributed by atoms with Crippen molar-refractivity contribution in [2.24, 2.45) is 0 Å². The molecule has 1 aromatic carbocycles. The van der Waals surface area contributed by atoms with E-state index in [0.717, 1.165) is 10.0 Å². The van der Waals surface area contributed by atoms with Crippen molar-refractivity contribution < 1.29 is 14.4 Å². The zero-order valence-electron chi connectivity index (χ0n) is 11.3. The summed E-state index contributed by atoms with van der Waals surface area (Å²) in [4.78, 5) is 37.2. The Morgan fingerprint density at radius 3 is 2.80 bits per heavy atom. The van der Waals surface area contributed by atoms with Gasteiger partial charge in [0.2, 0.25) is 11.8 Å². The van der Waals surface area contributed by atoms with Crippen LogP contribution in [-0.4, -0.2) is 35.2 Å². The van der Waals surface area contributed by atoms with Crippen LogP contribution in [0.1, 0.15) is 29.3 Å². The number of imide groups is 1. The molecule has 1 aliphatic heterocycles. The van der Waals surface area contributed by atoms with E-state index < -0.39 is 17.9 Å². The van der Waals surface area contributed by atoms with Crippen molar-refractivity contribution in [3.05, 3.63) is 33.8 Å². The highest BCUT2D eigenvalue weighted by atomic mass is 79.9. The van der Waals surface area contributed by atoms with Crippen LogP contribution in [0.3, 0.4) is 0 Å². The molecule has 1 aliphatic rings. The summed E-state index contributed by atoms with van der Waals surface area (Å²) in [5, 5.41) is 2.26. The van der Waals surface area contributed by atoms with Gasteiger partial charge in [-0.1, -0.05) is 28.9 Å². The highest BCUT2D eigenvalue weighted by molar-refractivity contribution is 9.10. The zero-order chi connectivity index (χ0) is 14.9. The SMILES string of the molecule is CCC1C(=O)NC(=O)CN1C(=O)c1cccc(Br)c1C. The van der Waals surface area contributed by atoms with Crippen molar-refractivity contribution in [3.63, 3.8) is 0 Å². The molecule has 5 nitrogen and oxygen atoms in total. The van der Waals surface area contributed by atoms with Crippen molar-refractivity contribution in [1.29, 1.82) is 0 Å². The number of halogens is 1. The van der Waals surface area contributed by atoms with E-state index in [1.807, 2.05) is 19.9 Å². The summed E-state index contributed by atoms with van der Waals surface area (Å²) in [6.07, 6.45) is 0.470. The molecule has 1 atom stereocenters. The third-order valence-electron chi connectivity index (χ3n) is 3.40. The molecule has 0 saturated carbocycles. The Labute approximate surface area is 125 Å². The molecule has 1 N–H and O–H groups in total. The van der Waals surface area contributed by atoms with E-state index in [1.165, 1.54) is 4.90 Å². The third-order valence-corrected chi connectivity index (χ3v) is 4.26. The van der Waals surface area contributed by atoms with Crippen LogP contribution in [-0.2, 0) is 9.59 Å². The molecule has 1 aromatic rings. The Morgan fingerprint density at radius 1 is 1.45 bits per heavy atom. The van der Waals surface area contributed by atoms with Crippen LogP contribution in [0.5, 0.6) is 0 Å². The number of hydrogen-bond donors (Lipinski definition) is 1. The fraction of sp³-hybridized carbons (Fsp3) is 0.357. The number of carbonyl (C=O) groups excluding carboxylic acids is 3. The number of nitrogens with one attached hydrogen (secondary N) is 1. The molecule has 0 radical (unpaired) electrons. The molecular weight excluding hydrogens is 324 g/mol. The van der Waals surface area contributed by atoms with Crippen molar-refractivity contribution in [3.8, 4) is 0 Å². The van der Waals surface area contributed by atoms with Gasteiger partial charge in [0, 0.05) is 10.0 Å². The van der Waals surface area contributed by atoms with Gasteiger partial charge in [0.25, 0.3) is 5.91 Å². The topological polar surface area (TPSA) is 66.5 Å². The van der Waals surface area contributed by atoms with Gasteiger partial charge in [-0.15, -0.1) is 0 Å². The van der Waals surface area contributed by atoms with Crippen molar-refractivity contribution in [2.45, 2.75) is 26.3 Å². The summed E-state index contributed by atoms with van der Waals surface area (Å²) >= 11 is 3.38. The van der Waals surface area contributed by atoms with Crippen molar-refractivity contribution in [1.82, 2.24) is 10.2 Å². The Kier molecular flexibility index (Phi) is 4.23. The number of hydrogen-bond acceptors (Lipinski definition) is 3. The number of nitrogens with zero attached hydrogens (tertiary/aromatic N) is 1. The normalized spacial score (nSPS) is 18.9. The van der Waals surface area contributed by atoms with Gasteiger partial charge >= 0.3 is 0 Å². The van der Waals surface area contributed by atoms with E-state index in [-0.39, 0.29) is 12.5 Å². The van der Waals surface area contributed by atoms with Gasteiger partial charge in [-0.2, -0.15) is 0 Å². The number of amides is 3. The van der Waals surface area contributed by atoms with Gasteiger partial charge in [-0.05, 0) is 31.0 Å². The lowest BCUT2D eigenvalue weighted by Gasteiger charge is -2.33.